The lowest BCUT2D eigenvalue weighted by atomic mass is 9.99. The molecular weight excluding hydrogens is 482 g/mol. The first-order chi connectivity index (χ1) is 18.1. The number of likely N-dealkylation sites (tertiary alicyclic amines) is 1. The van der Waals surface area contributed by atoms with Gasteiger partial charge in [-0.15, -0.1) is 0 Å². The molecule has 1 heterocycles. The van der Waals surface area contributed by atoms with Crippen LogP contribution in [0, 0.1) is 0 Å². The molecule has 6 heteroatoms. The van der Waals surface area contributed by atoms with Crippen molar-refractivity contribution < 1.29 is 18.4 Å². The maximum absolute atomic E-state index is 11.9. The van der Waals surface area contributed by atoms with Crippen LogP contribution in [0.3, 0.4) is 0 Å². The standard InChI is InChI=1S/C31H33NO4S/c1-34-27-13-17-30-24(22-27)8-16-29(23-6-14-28(15-7-23)37(2)33)31(30)36-26-11-9-25(10-12-26)35-21-20-32-18-4-3-5-19-32/h6-17,22H,3-5,18-21H2,1-2H3. The molecule has 192 valence electrons. The van der Waals surface area contributed by atoms with Crippen LogP contribution in [0.15, 0.2) is 83.8 Å². The van der Waals surface area contributed by atoms with Gasteiger partial charge in [0.2, 0.25) is 0 Å². The Bertz CT molecular complexity index is 1360. The quantitative estimate of drug-likeness (QED) is 0.242. The van der Waals surface area contributed by atoms with Crippen molar-refractivity contribution >= 4 is 21.6 Å². The van der Waals surface area contributed by atoms with Gasteiger partial charge in [-0.25, -0.2) is 0 Å². The lowest BCUT2D eigenvalue weighted by Crippen LogP contribution is -2.33. The average molecular weight is 516 g/mol. The van der Waals surface area contributed by atoms with Crippen molar-refractivity contribution in [3.63, 3.8) is 0 Å². The molecule has 0 aromatic heterocycles. The number of piperidine rings is 1. The van der Waals surface area contributed by atoms with Gasteiger partial charge in [-0.05, 0) is 97.5 Å². The van der Waals surface area contributed by atoms with Crippen molar-refractivity contribution in [2.24, 2.45) is 0 Å². The number of methoxy groups -OCH3 is 1. The summed E-state index contributed by atoms with van der Waals surface area (Å²) in [5.74, 6) is 3.14. The van der Waals surface area contributed by atoms with E-state index in [2.05, 4.69) is 17.0 Å². The average Bonchev–Trinajstić information content (AvgIpc) is 2.94. The molecule has 4 aromatic carbocycles. The van der Waals surface area contributed by atoms with Crippen LogP contribution in [0.1, 0.15) is 19.3 Å². The second-order valence-corrected chi connectivity index (χ2v) is 10.7. The molecular formula is C31H33NO4S. The van der Waals surface area contributed by atoms with E-state index >= 15 is 0 Å². The molecule has 0 aliphatic carbocycles. The Kier molecular flexibility index (Phi) is 8.07. The number of hydrogen-bond acceptors (Lipinski definition) is 5. The zero-order chi connectivity index (χ0) is 25.6. The minimum atomic E-state index is -1.02. The van der Waals surface area contributed by atoms with E-state index in [1.165, 1.54) is 32.4 Å². The van der Waals surface area contributed by atoms with E-state index < -0.39 is 10.8 Å². The number of ether oxygens (including phenoxy) is 3. The minimum absolute atomic E-state index is 0.689. The van der Waals surface area contributed by atoms with Crippen molar-refractivity contribution in [3.8, 4) is 34.1 Å². The molecule has 1 unspecified atom stereocenters. The van der Waals surface area contributed by atoms with Gasteiger partial charge in [0.15, 0.2) is 0 Å². The predicted molar refractivity (Wildman–Crippen MR) is 151 cm³/mol. The highest BCUT2D eigenvalue weighted by Gasteiger charge is 2.14. The van der Waals surface area contributed by atoms with Crippen molar-refractivity contribution in [2.45, 2.75) is 24.2 Å². The lowest BCUT2D eigenvalue weighted by Gasteiger charge is -2.26. The highest BCUT2D eigenvalue weighted by atomic mass is 32.2. The summed E-state index contributed by atoms with van der Waals surface area (Å²) in [4.78, 5) is 3.27. The molecule has 0 spiro atoms. The normalized spacial score (nSPS) is 14.9. The highest BCUT2D eigenvalue weighted by Crippen LogP contribution is 2.41. The van der Waals surface area contributed by atoms with Crippen LogP contribution in [0.4, 0.5) is 0 Å². The van der Waals surface area contributed by atoms with Crippen LogP contribution in [0.2, 0.25) is 0 Å². The van der Waals surface area contributed by atoms with Gasteiger partial charge >= 0.3 is 0 Å². The zero-order valence-corrected chi connectivity index (χ0v) is 22.3. The third-order valence-electron chi connectivity index (χ3n) is 6.84. The maximum Gasteiger partial charge on any atom is 0.143 e. The summed E-state index contributed by atoms with van der Waals surface area (Å²) in [5, 5.41) is 2.02. The molecule has 37 heavy (non-hydrogen) atoms. The van der Waals surface area contributed by atoms with Crippen LogP contribution in [0.5, 0.6) is 23.0 Å². The first-order valence-corrected chi connectivity index (χ1v) is 14.3. The predicted octanol–water partition coefficient (Wildman–Crippen LogP) is 6.91. The fourth-order valence-electron chi connectivity index (χ4n) is 4.77. The van der Waals surface area contributed by atoms with E-state index in [1.807, 2.05) is 66.7 Å². The van der Waals surface area contributed by atoms with E-state index in [-0.39, 0.29) is 0 Å². The Hall–Kier alpha value is -3.35. The Labute approximate surface area is 221 Å². The lowest BCUT2D eigenvalue weighted by molar-refractivity contribution is 0.183. The first kappa shape index (κ1) is 25.3. The van der Waals surface area contributed by atoms with Gasteiger partial charge in [-0.2, -0.15) is 0 Å². The summed E-state index contributed by atoms with van der Waals surface area (Å²) in [7, 11) is 0.646. The number of fused-ring (bicyclic) bond motifs is 1. The van der Waals surface area contributed by atoms with E-state index in [4.69, 9.17) is 14.2 Å². The molecule has 4 aromatic rings. The zero-order valence-electron chi connectivity index (χ0n) is 21.4. The van der Waals surface area contributed by atoms with Gasteiger partial charge in [-0.1, -0.05) is 24.6 Å². The largest absolute Gasteiger partial charge is 0.497 e. The van der Waals surface area contributed by atoms with Crippen molar-refractivity contribution in [3.05, 3.63) is 78.9 Å². The maximum atomic E-state index is 11.9. The summed E-state index contributed by atoms with van der Waals surface area (Å²) in [6.45, 7) is 4.00. The second-order valence-electron chi connectivity index (χ2n) is 9.33. The fourth-order valence-corrected chi connectivity index (χ4v) is 5.29. The number of nitrogens with zero attached hydrogens (tertiary/aromatic N) is 1. The van der Waals surface area contributed by atoms with Gasteiger partial charge in [0.05, 0.1) is 7.11 Å². The van der Waals surface area contributed by atoms with E-state index in [0.29, 0.717) is 6.61 Å². The monoisotopic (exact) mass is 515 g/mol. The third-order valence-corrected chi connectivity index (χ3v) is 7.78. The molecule has 0 bridgehead atoms. The van der Waals surface area contributed by atoms with Gasteiger partial charge in [0.1, 0.15) is 29.6 Å². The van der Waals surface area contributed by atoms with Gasteiger partial charge in [0.25, 0.3) is 0 Å². The van der Waals surface area contributed by atoms with Crippen molar-refractivity contribution in [1.82, 2.24) is 4.90 Å². The summed E-state index contributed by atoms with van der Waals surface area (Å²) in [5.41, 5.74) is 1.97. The van der Waals surface area contributed by atoms with Crippen molar-refractivity contribution in [1.29, 1.82) is 0 Å². The van der Waals surface area contributed by atoms with E-state index in [0.717, 1.165) is 56.3 Å². The summed E-state index contributed by atoms with van der Waals surface area (Å²) in [6, 6.07) is 25.7. The molecule has 0 amide bonds. The molecule has 0 radical (unpaired) electrons. The Morgan fingerprint density at radius 2 is 1.51 bits per heavy atom. The summed E-state index contributed by atoms with van der Waals surface area (Å²) >= 11 is 0. The van der Waals surface area contributed by atoms with Gasteiger partial charge < -0.3 is 14.2 Å². The molecule has 1 fully saturated rings. The third kappa shape index (κ3) is 6.14. The summed E-state index contributed by atoms with van der Waals surface area (Å²) < 4.78 is 29.8. The van der Waals surface area contributed by atoms with Crippen molar-refractivity contribution in [2.75, 3.05) is 39.6 Å². The van der Waals surface area contributed by atoms with E-state index in [1.54, 1.807) is 13.4 Å². The fraction of sp³-hybridized carbons (Fsp3) is 0.290. The molecule has 1 atom stereocenters. The number of benzene rings is 4. The second kappa shape index (κ2) is 11.8. The molecule has 1 aliphatic rings. The Morgan fingerprint density at radius 1 is 0.811 bits per heavy atom. The van der Waals surface area contributed by atoms with Gasteiger partial charge in [-0.3, -0.25) is 9.11 Å². The molecule has 1 saturated heterocycles. The molecule has 5 nitrogen and oxygen atoms in total. The number of rotatable bonds is 9. The van der Waals surface area contributed by atoms with E-state index in [9.17, 15) is 4.21 Å². The van der Waals surface area contributed by atoms with Crippen LogP contribution < -0.4 is 14.2 Å². The SMILES string of the molecule is COc1ccc2c(Oc3ccc(OCCN4CCCCC4)cc3)c(-c3ccc(S(C)=O)cc3)ccc2c1. The molecule has 0 N–H and O–H groups in total. The topological polar surface area (TPSA) is 48.0 Å². The highest BCUT2D eigenvalue weighted by molar-refractivity contribution is 7.84. The summed E-state index contributed by atoms with van der Waals surface area (Å²) in [6.07, 6.45) is 5.61. The first-order valence-electron chi connectivity index (χ1n) is 12.8. The molecule has 0 saturated carbocycles. The number of hydrogen-bond donors (Lipinski definition) is 0. The van der Waals surface area contributed by atoms with Crippen LogP contribution >= 0.6 is 0 Å². The van der Waals surface area contributed by atoms with Crippen LogP contribution in [-0.4, -0.2) is 48.7 Å². The van der Waals surface area contributed by atoms with Crippen LogP contribution in [0.25, 0.3) is 21.9 Å². The minimum Gasteiger partial charge on any atom is -0.497 e. The molecule has 1 aliphatic heterocycles. The van der Waals surface area contributed by atoms with Gasteiger partial charge in [0, 0.05) is 39.4 Å². The Balaban J connectivity index is 1.39. The van der Waals surface area contributed by atoms with Crippen LogP contribution in [-0.2, 0) is 10.8 Å². The molecule has 5 rings (SSSR count). The smallest absolute Gasteiger partial charge is 0.143 e. The Morgan fingerprint density at radius 3 is 2.22 bits per heavy atom.